The van der Waals surface area contributed by atoms with Crippen LogP contribution in [-0.2, 0) is 19.7 Å². The fraction of sp³-hybridized carbons (Fsp3) is 0.571. The van der Waals surface area contributed by atoms with Crippen molar-refractivity contribution in [1.29, 1.82) is 0 Å². The molecule has 0 bridgehead atoms. The lowest BCUT2D eigenvalue weighted by atomic mass is 9.85. The molecule has 1 aromatic rings. The van der Waals surface area contributed by atoms with E-state index < -0.39 is 47.5 Å². The molecule has 2 rings (SSSR count). The number of amidine groups is 1. The predicted octanol–water partition coefficient (Wildman–Crippen LogP) is 4.26. The van der Waals surface area contributed by atoms with Gasteiger partial charge in [0, 0.05) is 0 Å². The number of ether oxygens (including phenoxy) is 3. The summed E-state index contributed by atoms with van der Waals surface area (Å²) in [4.78, 5) is 30.0. The van der Waals surface area contributed by atoms with E-state index in [1.54, 1.807) is 41.5 Å². The van der Waals surface area contributed by atoms with Gasteiger partial charge in [-0.3, -0.25) is 0 Å². The van der Waals surface area contributed by atoms with Crippen LogP contribution in [0, 0.1) is 0 Å². The Morgan fingerprint density at radius 1 is 1.03 bits per heavy atom. The molecule has 1 atom stereocenters. The number of hydrogen-bond donors (Lipinski definition) is 2. The number of carbonyl (C=O) groups excluding carboxylic acids is 2. The van der Waals surface area contributed by atoms with Crippen LogP contribution in [0.1, 0.15) is 54.0 Å². The van der Waals surface area contributed by atoms with Crippen LogP contribution < -0.4 is 11.5 Å². The Bertz CT molecular complexity index is 909. The second-order valence-electron chi connectivity index (χ2n) is 9.60. The molecule has 0 radical (unpaired) electrons. The summed E-state index contributed by atoms with van der Waals surface area (Å²) in [5.74, 6) is -3.51. The van der Waals surface area contributed by atoms with E-state index in [2.05, 4.69) is 4.99 Å². The summed E-state index contributed by atoms with van der Waals surface area (Å²) in [5.41, 5.74) is 7.58. The van der Waals surface area contributed by atoms with Gasteiger partial charge in [0.2, 0.25) is 0 Å². The number of rotatable bonds is 1. The number of benzene rings is 1. The molecule has 0 saturated carbocycles. The van der Waals surface area contributed by atoms with Gasteiger partial charge in [-0.2, -0.15) is 8.78 Å². The van der Waals surface area contributed by atoms with Crippen molar-refractivity contribution in [1.82, 2.24) is 4.90 Å². The molecule has 0 unspecified atom stereocenters. The lowest BCUT2D eigenvalue weighted by Gasteiger charge is -2.39. The Labute approximate surface area is 185 Å². The molecular formula is C21H30F2N4O5. The van der Waals surface area contributed by atoms with E-state index in [-0.39, 0.29) is 16.9 Å². The minimum atomic E-state index is -3.51. The third kappa shape index (κ3) is 5.38. The molecule has 11 heteroatoms. The van der Waals surface area contributed by atoms with Crippen molar-refractivity contribution < 1.29 is 32.6 Å². The fourth-order valence-electron chi connectivity index (χ4n) is 2.71. The summed E-state index contributed by atoms with van der Waals surface area (Å²) in [6, 6.07) is 3.30. The number of hydrogen-bond acceptors (Lipinski definition) is 8. The van der Waals surface area contributed by atoms with Gasteiger partial charge in [0.05, 0.1) is 11.4 Å². The third-order valence-electron chi connectivity index (χ3n) is 4.41. The zero-order valence-electron chi connectivity index (χ0n) is 19.3. The van der Waals surface area contributed by atoms with Gasteiger partial charge >= 0.3 is 24.1 Å². The summed E-state index contributed by atoms with van der Waals surface area (Å²) in [5, 5.41) is 0. The van der Waals surface area contributed by atoms with Gasteiger partial charge < -0.3 is 25.7 Å². The largest absolute Gasteiger partial charge is 0.458 e. The zero-order chi connectivity index (χ0) is 24.7. The molecule has 0 aromatic heterocycles. The van der Waals surface area contributed by atoms with Gasteiger partial charge in [-0.15, -0.1) is 4.90 Å². The Balaban J connectivity index is 2.62. The van der Waals surface area contributed by atoms with E-state index in [0.717, 1.165) is 6.92 Å². The van der Waals surface area contributed by atoms with Crippen LogP contribution in [0.4, 0.5) is 29.7 Å². The normalized spacial score (nSPS) is 20.6. The maximum Gasteiger partial charge on any atom is 0.428 e. The number of aliphatic imine (C=N–C) groups is 1. The lowest BCUT2D eigenvalue weighted by molar-refractivity contribution is -0.120. The first-order valence-electron chi connectivity index (χ1n) is 9.88. The summed E-state index contributed by atoms with van der Waals surface area (Å²) >= 11 is 0. The highest BCUT2D eigenvalue weighted by atomic mass is 19.3. The Morgan fingerprint density at radius 3 is 1.97 bits per heavy atom. The first-order valence-corrected chi connectivity index (χ1v) is 9.88. The van der Waals surface area contributed by atoms with Crippen molar-refractivity contribution in [2.45, 2.75) is 71.1 Å². The Hall–Kier alpha value is -3.11. The van der Waals surface area contributed by atoms with Crippen LogP contribution in [0.15, 0.2) is 23.2 Å². The van der Waals surface area contributed by atoms with E-state index in [9.17, 15) is 18.4 Å². The molecule has 2 amide bonds. The summed E-state index contributed by atoms with van der Waals surface area (Å²) in [6.45, 7) is 9.47. The Morgan fingerprint density at radius 2 is 1.53 bits per heavy atom. The number of imide groups is 1. The molecule has 32 heavy (non-hydrogen) atoms. The van der Waals surface area contributed by atoms with Crippen LogP contribution in [0.25, 0.3) is 0 Å². The topological polar surface area (TPSA) is 129 Å². The molecule has 178 valence electrons. The van der Waals surface area contributed by atoms with Crippen molar-refractivity contribution in [3.8, 4) is 0 Å². The molecule has 1 aliphatic heterocycles. The van der Waals surface area contributed by atoms with Crippen LogP contribution in [0.2, 0.25) is 0 Å². The van der Waals surface area contributed by atoms with E-state index in [0.29, 0.717) is 4.90 Å². The van der Waals surface area contributed by atoms with Crippen molar-refractivity contribution in [2.75, 3.05) is 18.1 Å². The fourth-order valence-corrected chi connectivity index (χ4v) is 2.71. The Kier molecular flexibility index (Phi) is 6.37. The van der Waals surface area contributed by atoms with Crippen molar-refractivity contribution in [3.05, 3.63) is 23.8 Å². The number of alkyl halides is 2. The monoisotopic (exact) mass is 456 g/mol. The van der Waals surface area contributed by atoms with Crippen molar-refractivity contribution >= 4 is 29.6 Å². The first-order chi connectivity index (χ1) is 14.4. The minimum absolute atomic E-state index is 0.0170. The highest BCUT2D eigenvalue weighted by Crippen LogP contribution is 2.45. The van der Waals surface area contributed by atoms with Crippen LogP contribution >= 0.6 is 0 Å². The van der Waals surface area contributed by atoms with Crippen LogP contribution in [0.3, 0.4) is 0 Å². The number of anilines is 2. The summed E-state index contributed by atoms with van der Waals surface area (Å²) in [7, 11) is 0. The quantitative estimate of drug-likeness (QED) is 0.604. The standard InChI is InChI=1S/C21H30F2N4O5/c1-18(2,3)31-16(28)27(17(29)32-19(4,5)6)15-26-20(7,21(22,23)11-30-15)12-8-9-13(24)14(25)10-12/h8-10H,11,24-25H2,1-7H3/t20-/m1/s1. The number of nitrogens with zero attached hydrogens (tertiary/aromatic N) is 2. The summed E-state index contributed by atoms with van der Waals surface area (Å²) in [6.07, 6.45) is -2.37. The lowest BCUT2D eigenvalue weighted by Crippen LogP contribution is -2.55. The molecule has 0 aliphatic carbocycles. The van der Waals surface area contributed by atoms with Gasteiger partial charge in [-0.1, -0.05) is 6.07 Å². The van der Waals surface area contributed by atoms with E-state index in [1.165, 1.54) is 18.2 Å². The predicted molar refractivity (Wildman–Crippen MR) is 115 cm³/mol. The number of carbonyl (C=O) groups is 2. The van der Waals surface area contributed by atoms with Crippen molar-refractivity contribution in [2.24, 2.45) is 4.99 Å². The zero-order valence-corrected chi connectivity index (χ0v) is 19.3. The van der Waals surface area contributed by atoms with Gasteiger partial charge in [-0.05, 0) is 66.2 Å². The summed E-state index contributed by atoms with van der Waals surface area (Å²) < 4.78 is 45.6. The SMILES string of the molecule is CC(C)(C)OC(=O)N(C(=O)OC(C)(C)C)C1=N[C@](C)(c2ccc(N)c(N)c2)C(F)(F)CO1. The average molecular weight is 456 g/mol. The smallest absolute Gasteiger partial charge is 0.428 e. The molecule has 1 heterocycles. The van der Waals surface area contributed by atoms with Crippen molar-refractivity contribution in [3.63, 3.8) is 0 Å². The maximum absolute atomic E-state index is 15.0. The van der Waals surface area contributed by atoms with Crippen LogP contribution in [-0.4, -0.2) is 46.8 Å². The van der Waals surface area contributed by atoms with Gasteiger partial charge in [0.15, 0.2) is 12.1 Å². The highest BCUT2D eigenvalue weighted by molar-refractivity contribution is 6.06. The van der Waals surface area contributed by atoms with Crippen LogP contribution in [0.5, 0.6) is 0 Å². The van der Waals surface area contributed by atoms with E-state index >= 15 is 0 Å². The molecule has 0 fully saturated rings. The molecule has 0 spiro atoms. The molecule has 4 N–H and O–H groups in total. The van der Waals surface area contributed by atoms with E-state index in [4.69, 9.17) is 25.7 Å². The molecule has 1 aliphatic rings. The first kappa shape index (κ1) is 25.2. The highest BCUT2D eigenvalue weighted by Gasteiger charge is 2.57. The number of nitrogens with two attached hydrogens (primary N) is 2. The molecule has 0 saturated heterocycles. The van der Waals surface area contributed by atoms with Gasteiger partial charge in [-0.25, -0.2) is 14.6 Å². The van der Waals surface area contributed by atoms with Gasteiger partial charge in [0.1, 0.15) is 11.2 Å². The number of nitrogen functional groups attached to an aromatic ring is 2. The number of halogens is 2. The second kappa shape index (κ2) is 8.10. The second-order valence-corrected chi connectivity index (χ2v) is 9.60. The van der Waals surface area contributed by atoms with Gasteiger partial charge in [0.25, 0.3) is 0 Å². The third-order valence-corrected chi connectivity index (χ3v) is 4.41. The number of amides is 2. The molecule has 9 nitrogen and oxygen atoms in total. The molecular weight excluding hydrogens is 426 g/mol. The van der Waals surface area contributed by atoms with E-state index in [1.807, 2.05) is 0 Å². The average Bonchev–Trinajstić information content (AvgIpc) is 2.57. The molecule has 1 aromatic carbocycles. The maximum atomic E-state index is 15.0. The minimum Gasteiger partial charge on any atom is -0.458 e.